The summed E-state index contributed by atoms with van der Waals surface area (Å²) in [7, 11) is -0.838. The molecular formula is C12H18NO2P. The number of nitrogens with zero attached hydrogens (tertiary/aromatic N) is 1. The fraction of sp³-hybridized carbons (Fsp3) is 0.500. The van der Waals surface area contributed by atoms with Crippen LogP contribution in [0.3, 0.4) is 0 Å². The molecule has 1 fully saturated rings. The first-order chi connectivity index (χ1) is 7.85. The van der Waals surface area contributed by atoms with Crippen molar-refractivity contribution < 1.29 is 9.05 Å². The summed E-state index contributed by atoms with van der Waals surface area (Å²) in [6.45, 7) is 6.89. The summed E-state index contributed by atoms with van der Waals surface area (Å²) < 4.78 is 13.9. The van der Waals surface area contributed by atoms with E-state index in [1.165, 1.54) is 5.56 Å². The maximum Gasteiger partial charge on any atom is 0.259 e. The molecule has 1 aromatic carbocycles. The van der Waals surface area contributed by atoms with E-state index >= 15 is 0 Å². The highest BCUT2D eigenvalue weighted by Gasteiger charge is 2.31. The molecule has 88 valence electrons. The molecule has 1 aliphatic rings. The van der Waals surface area contributed by atoms with Gasteiger partial charge in [0.2, 0.25) is 0 Å². The molecule has 1 aromatic rings. The van der Waals surface area contributed by atoms with Gasteiger partial charge >= 0.3 is 0 Å². The lowest BCUT2D eigenvalue weighted by atomic mass is 10.1. The summed E-state index contributed by atoms with van der Waals surface area (Å²) >= 11 is 0. The molecular weight excluding hydrogens is 221 g/mol. The van der Waals surface area contributed by atoms with Crippen LogP contribution in [0.5, 0.6) is 0 Å². The van der Waals surface area contributed by atoms with E-state index in [-0.39, 0.29) is 6.10 Å². The Morgan fingerprint density at radius 3 is 2.56 bits per heavy atom. The van der Waals surface area contributed by atoms with Gasteiger partial charge < -0.3 is 9.05 Å². The molecule has 1 saturated heterocycles. The minimum absolute atomic E-state index is 0.105. The largest absolute Gasteiger partial charge is 0.319 e. The molecule has 4 heteroatoms. The predicted molar refractivity (Wildman–Crippen MR) is 66.1 cm³/mol. The minimum atomic E-state index is -0.838. The Labute approximate surface area is 98.3 Å². The molecule has 3 nitrogen and oxygen atoms in total. The van der Waals surface area contributed by atoms with Gasteiger partial charge in [0.15, 0.2) is 0 Å². The second-order valence-corrected chi connectivity index (χ2v) is 5.19. The zero-order valence-electron chi connectivity index (χ0n) is 9.80. The number of hydrogen-bond donors (Lipinski definition) is 0. The zero-order chi connectivity index (χ0) is 11.4. The molecule has 0 saturated carbocycles. The average Bonchev–Trinajstić information content (AvgIpc) is 2.81. The van der Waals surface area contributed by atoms with Crippen LogP contribution in [-0.2, 0) is 9.05 Å². The van der Waals surface area contributed by atoms with E-state index in [1.807, 2.05) is 18.2 Å². The van der Waals surface area contributed by atoms with Gasteiger partial charge in [0.05, 0.1) is 6.61 Å². The second-order valence-electron chi connectivity index (χ2n) is 3.68. The summed E-state index contributed by atoms with van der Waals surface area (Å²) in [5.74, 6) is 0. The van der Waals surface area contributed by atoms with Crippen LogP contribution in [0.25, 0.3) is 0 Å². The predicted octanol–water partition coefficient (Wildman–Crippen LogP) is 3.34. The van der Waals surface area contributed by atoms with E-state index in [9.17, 15) is 0 Å². The first-order valence-electron chi connectivity index (χ1n) is 5.74. The summed E-state index contributed by atoms with van der Waals surface area (Å²) in [4.78, 5) is 0. The van der Waals surface area contributed by atoms with Crippen LogP contribution < -0.4 is 0 Å². The van der Waals surface area contributed by atoms with Crippen molar-refractivity contribution in [3.8, 4) is 0 Å². The van der Waals surface area contributed by atoms with Crippen molar-refractivity contribution >= 4 is 8.53 Å². The van der Waals surface area contributed by atoms with Gasteiger partial charge in [-0.2, -0.15) is 0 Å². The fourth-order valence-corrected chi connectivity index (χ4v) is 3.21. The lowest BCUT2D eigenvalue weighted by Gasteiger charge is -2.22. The zero-order valence-corrected chi connectivity index (χ0v) is 10.7. The van der Waals surface area contributed by atoms with Crippen LogP contribution in [0, 0.1) is 0 Å². The summed E-state index contributed by atoms with van der Waals surface area (Å²) in [5.41, 5.74) is 1.21. The van der Waals surface area contributed by atoms with Crippen LogP contribution in [0.4, 0.5) is 0 Å². The van der Waals surface area contributed by atoms with Gasteiger partial charge in [-0.25, -0.2) is 4.67 Å². The highest BCUT2D eigenvalue weighted by Crippen LogP contribution is 2.52. The average molecular weight is 239 g/mol. The summed E-state index contributed by atoms with van der Waals surface area (Å²) in [6, 6.07) is 10.3. The third kappa shape index (κ3) is 2.61. The molecule has 0 radical (unpaired) electrons. The second kappa shape index (κ2) is 5.74. The normalized spacial score (nSPS) is 25.2. The van der Waals surface area contributed by atoms with Crippen molar-refractivity contribution in [3.05, 3.63) is 35.9 Å². The number of benzene rings is 1. The van der Waals surface area contributed by atoms with E-state index in [0.717, 1.165) is 13.1 Å². The molecule has 0 bridgehead atoms. The Morgan fingerprint density at radius 2 is 1.94 bits per heavy atom. The van der Waals surface area contributed by atoms with Crippen LogP contribution in [0.2, 0.25) is 0 Å². The molecule has 2 atom stereocenters. The third-order valence-corrected chi connectivity index (χ3v) is 4.52. The fourth-order valence-electron chi connectivity index (χ4n) is 1.73. The smallest absolute Gasteiger partial charge is 0.259 e. The molecule has 1 aliphatic heterocycles. The maximum absolute atomic E-state index is 5.96. The van der Waals surface area contributed by atoms with E-state index in [0.29, 0.717) is 6.61 Å². The first kappa shape index (κ1) is 12.0. The topological polar surface area (TPSA) is 21.7 Å². The molecule has 2 rings (SSSR count). The third-order valence-electron chi connectivity index (χ3n) is 2.69. The molecule has 1 heterocycles. The molecule has 0 amide bonds. The Hall–Kier alpha value is -0.470. The van der Waals surface area contributed by atoms with Crippen LogP contribution in [-0.4, -0.2) is 24.4 Å². The van der Waals surface area contributed by atoms with Gasteiger partial charge in [0, 0.05) is 13.1 Å². The lowest BCUT2D eigenvalue weighted by Crippen LogP contribution is -2.16. The van der Waals surface area contributed by atoms with E-state index < -0.39 is 8.53 Å². The lowest BCUT2D eigenvalue weighted by molar-refractivity contribution is 0.240. The van der Waals surface area contributed by atoms with Crippen LogP contribution in [0.15, 0.2) is 30.3 Å². The molecule has 1 unspecified atom stereocenters. The first-order valence-corrected chi connectivity index (χ1v) is 6.87. The van der Waals surface area contributed by atoms with E-state index in [2.05, 4.69) is 30.7 Å². The standard InChI is InChI=1S/C12H18NO2P/c1-3-13(4-2)16-14-10-12(15-16)11-8-6-5-7-9-11/h5-9,12H,3-4,10H2,1-2H3/t12-,16?/m1/s1. The molecule has 0 aromatic heterocycles. The molecule has 0 spiro atoms. The van der Waals surface area contributed by atoms with Gasteiger partial charge in [0.25, 0.3) is 8.53 Å². The van der Waals surface area contributed by atoms with E-state index in [1.54, 1.807) is 0 Å². The molecule has 16 heavy (non-hydrogen) atoms. The number of rotatable bonds is 4. The summed E-state index contributed by atoms with van der Waals surface area (Å²) in [6.07, 6.45) is 0.105. The van der Waals surface area contributed by atoms with Gasteiger partial charge in [-0.05, 0) is 5.56 Å². The number of hydrogen-bond acceptors (Lipinski definition) is 3. The Bertz CT molecular complexity index is 316. The quantitative estimate of drug-likeness (QED) is 0.752. The van der Waals surface area contributed by atoms with Gasteiger partial charge in [-0.15, -0.1) is 0 Å². The van der Waals surface area contributed by atoms with Gasteiger partial charge in [0.1, 0.15) is 6.10 Å². The van der Waals surface area contributed by atoms with Crippen molar-refractivity contribution in [1.29, 1.82) is 0 Å². The van der Waals surface area contributed by atoms with Gasteiger partial charge in [-0.3, -0.25) is 0 Å². The Morgan fingerprint density at radius 1 is 1.25 bits per heavy atom. The Kier molecular flexibility index (Phi) is 4.30. The highest BCUT2D eigenvalue weighted by atomic mass is 31.2. The molecule has 0 N–H and O–H groups in total. The monoisotopic (exact) mass is 239 g/mol. The van der Waals surface area contributed by atoms with Crippen molar-refractivity contribution in [1.82, 2.24) is 4.67 Å². The van der Waals surface area contributed by atoms with Gasteiger partial charge in [-0.1, -0.05) is 44.2 Å². The van der Waals surface area contributed by atoms with Crippen molar-refractivity contribution in [2.24, 2.45) is 0 Å². The van der Waals surface area contributed by atoms with E-state index in [4.69, 9.17) is 9.05 Å². The van der Waals surface area contributed by atoms with Crippen molar-refractivity contribution in [2.45, 2.75) is 20.0 Å². The van der Waals surface area contributed by atoms with Crippen molar-refractivity contribution in [3.63, 3.8) is 0 Å². The summed E-state index contributed by atoms with van der Waals surface area (Å²) in [5, 5.41) is 0. The Balaban J connectivity index is 1.98. The maximum atomic E-state index is 5.96. The van der Waals surface area contributed by atoms with Crippen molar-refractivity contribution in [2.75, 3.05) is 19.7 Å². The van der Waals surface area contributed by atoms with Crippen LogP contribution in [0.1, 0.15) is 25.5 Å². The van der Waals surface area contributed by atoms with Crippen LogP contribution >= 0.6 is 8.53 Å². The SMILES string of the molecule is CCN(CC)P1OC[C@H](c2ccccc2)O1. The molecule has 0 aliphatic carbocycles. The minimum Gasteiger partial charge on any atom is -0.319 e. The highest BCUT2D eigenvalue weighted by molar-refractivity contribution is 7.44.